The summed E-state index contributed by atoms with van der Waals surface area (Å²) in [5.74, 6) is 2.35. The van der Waals surface area contributed by atoms with Gasteiger partial charge in [-0.2, -0.15) is 5.10 Å². The Morgan fingerprint density at radius 1 is 1.33 bits per heavy atom. The first-order chi connectivity index (χ1) is 10.0. The highest BCUT2D eigenvalue weighted by Crippen LogP contribution is 2.18. The molecular weight excluding hydrogens is 262 g/mol. The van der Waals surface area contributed by atoms with E-state index in [2.05, 4.69) is 59.6 Å². The van der Waals surface area contributed by atoms with E-state index in [0.717, 1.165) is 32.0 Å². The van der Waals surface area contributed by atoms with Gasteiger partial charge < -0.3 is 5.32 Å². The fraction of sp³-hybridized carbons (Fsp3) is 0.875. The smallest absolute Gasteiger partial charge is 0.141 e. The van der Waals surface area contributed by atoms with Crippen LogP contribution in [0.2, 0.25) is 0 Å². The van der Waals surface area contributed by atoms with Crippen molar-refractivity contribution < 1.29 is 0 Å². The van der Waals surface area contributed by atoms with Crippen molar-refractivity contribution in [2.24, 2.45) is 11.8 Å². The fourth-order valence-electron chi connectivity index (χ4n) is 3.10. The predicted octanol–water partition coefficient (Wildman–Crippen LogP) is 2.14. The first kappa shape index (κ1) is 16.4. The fourth-order valence-corrected chi connectivity index (χ4v) is 3.10. The molecule has 1 N–H and O–H groups in total. The summed E-state index contributed by atoms with van der Waals surface area (Å²) >= 11 is 0. The zero-order valence-electron chi connectivity index (χ0n) is 14.2. The van der Waals surface area contributed by atoms with Crippen molar-refractivity contribution in [2.45, 2.75) is 66.2 Å². The summed E-state index contributed by atoms with van der Waals surface area (Å²) in [5.41, 5.74) is 0. The molecule has 5 heteroatoms. The first-order valence-corrected chi connectivity index (χ1v) is 8.35. The number of hydrogen-bond donors (Lipinski definition) is 1. The van der Waals surface area contributed by atoms with Gasteiger partial charge in [-0.3, -0.25) is 4.90 Å². The molecule has 0 amide bonds. The van der Waals surface area contributed by atoms with E-state index in [4.69, 9.17) is 0 Å². The third-order valence-corrected chi connectivity index (χ3v) is 4.38. The highest BCUT2D eigenvalue weighted by molar-refractivity contribution is 4.92. The minimum absolute atomic E-state index is 0.581. The molecule has 1 fully saturated rings. The van der Waals surface area contributed by atoms with Crippen molar-refractivity contribution >= 4 is 0 Å². The van der Waals surface area contributed by atoms with E-state index in [-0.39, 0.29) is 0 Å². The van der Waals surface area contributed by atoms with E-state index >= 15 is 0 Å². The second-order valence-electron chi connectivity index (χ2n) is 7.01. The molecule has 0 radical (unpaired) electrons. The van der Waals surface area contributed by atoms with Crippen LogP contribution in [0.3, 0.4) is 0 Å². The van der Waals surface area contributed by atoms with Crippen molar-refractivity contribution in [3.8, 4) is 0 Å². The number of nitrogens with one attached hydrogen (secondary N) is 1. The van der Waals surface area contributed by atoms with E-state index in [9.17, 15) is 0 Å². The van der Waals surface area contributed by atoms with Gasteiger partial charge in [-0.25, -0.2) is 9.67 Å². The zero-order chi connectivity index (χ0) is 15.4. The number of nitrogens with zero attached hydrogens (tertiary/aromatic N) is 4. The van der Waals surface area contributed by atoms with E-state index in [1.165, 1.54) is 6.42 Å². The lowest BCUT2D eigenvalue weighted by molar-refractivity contribution is 0.0856. The Morgan fingerprint density at radius 2 is 2.10 bits per heavy atom. The number of rotatable bonds is 6. The molecule has 0 aliphatic carbocycles. The van der Waals surface area contributed by atoms with Crippen LogP contribution in [0.5, 0.6) is 0 Å². The van der Waals surface area contributed by atoms with E-state index in [1.54, 1.807) is 6.33 Å². The van der Waals surface area contributed by atoms with Crippen molar-refractivity contribution in [2.75, 3.05) is 13.1 Å². The van der Waals surface area contributed by atoms with Crippen molar-refractivity contribution in [3.63, 3.8) is 0 Å². The Bertz CT molecular complexity index is 426. The topological polar surface area (TPSA) is 46.0 Å². The quantitative estimate of drug-likeness (QED) is 0.873. The normalized spacial score (nSPS) is 24.1. The SMILES string of the molecule is CCC1CN(Cc2ncnn2CC(C)C)C(C(C)C)CN1. The van der Waals surface area contributed by atoms with Crippen molar-refractivity contribution in [1.29, 1.82) is 0 Å². The average molecular weight is 293 g/mol. The standard InChI is InChI=1S/C16H31N5/c1-6-14-9-20(15(7-17-14)13(4)5)10-16-18-11-19-21(16)8-12(2)3/h11-15,17H,6-10H2,1-5H3. The maximum absolute atomic E-state index is 4.50. The third-order valence-electron chi connectivity index (χ3n) is 4.38. The molecule has 21 heavy (non-hydrogen) atoms. The van der Waals surface area contributed by atoms with Crippen LogP contribution in [0.25, 0.3) is 0 Å². The summed E-state index contributed by atoms with van der Waals surface area (Å²) in [5, 5.41) is 8.07. The number of aromatic nitrogens is 3. The van der Waals surface area contributed by atoms with Gasteiger partial charge in [-0.15, -0.1) is 0 Å². The minimum atomic E-state index is 0.581. The Hall–Kier alpha value is -0.940. The maximum atomic E-state index is 4.50. The van der Waals surface area contributed by atoms with Crippen LogP contribution in [0.1, 0.15) is 46.9 Å². The van der Waals surface area contributed by atoms with Gasteiger partial charge in [0, 0.05) is 31.7 Å². The van der Waals surface area contributed by atoms with Crippen molar-refractivity contribution in [1.82, 2.24) is 25.0 Å². The summed E-state index contributed by atoms with van der Waals surface area (Å²) in [6.07, 6.45) is 2.88. The summed E-state index contributed by atoms with van der Waals surface area (Å²) in [4.78, 5) is 7.09. The van der Waals surface area contributed by atoms with Crippen LogP contribution >= 0.6 is 0 Å². The van der Waals surface area contributed by atoms with Crippen LogP contribution in [0.15, 0.2) is 6.33 Å². The van der Waals surface area contributed by atoms with Gasteiger partial charge in [-0.1, -0.05) is 34.6 Å². The molecule has 2 heterocycles. The largest absolute Gasteiger partial charge is 0.311 e. The lowest BCUT2D eigenvalue weighted by atomic mass is 9.97. The van der Waals surface area contributed by atoms with Crippen LogP contribution in [-0.2, 0) is 13.1 Å². The third kappa shape index (κ3) is 4.27. The average Bonchev–Trinajstić information content (AvgIpc) is 2.84. The molecular formula is C16H31N5. The molecule has 120 valence electrons. The first-order valence-electron chi connectivity index (χ1n) is 8.35. The van der Waals surface area contributed by atoms with Crippen molar-refractivity contribution in [3.05, 3.63) is 12.2 Å². The molecule has 2 atom stereocenters. The molecule has 0 saturated carbocycles. The van der Waals surface area contributed by atoms with Crippen LogP contribution in [-0.4, -0.2) is 44.8 Å². The van der Waals surface area contributed by atoms with E-state index < -0.39 is 0 Å². The molecule has 5 nitrogen and oxygen atoms in total. The summed E-state index contributed by atoms with van der Waals surface area (Å²) in [7, 11) is 0. The second-order valence-corrected chi connectivity index (χ2v) is 7.01. The molecule has 0 spiro atoms. The van der Waals surface area contributed by atoms with Gasteiger partial charge in [0.05, 0.1) is 6.54 Å². The Labute approximate surface area is 129 Å². The molecule has 2 unspecified atom stereocenters. The molecule has 2 rings (SSSR count). The highest BCUT2D eigenvalue weighted by atomic mass is 15.4. The maximum Gasteiger partial charge on any atom is 0.141 e. The van der Waals surface area contributed by atoms with Gasteiger partial charge in [0.15, 0.2) is 0 Å². The minimum Gasteiger partial charge on any atom is -0.311 e. The molecule has 1 saturated heterocycles. The van der Waals surface area contributed by atoms with Gasteiger partial charge >= 0.3 is 0 Å². The lowest BCUT2D eigenvalue weighted by Crippen LogP contribution is -2.57. The Morgan fingerprint density at radius 3 is 2.71 bits per heavy atom. The second kappa shape index (κ2) is 7.36. The Kier molecular flexibility index (Phi) is 5.76. The van der Waals surface area contributed by atoms with Gasteiger partial charge in [0.1, 0.15) is 12.2 Å². The molecule has 1 aromatic heterocycles. The van der Waals surface area contributed by atoms with Crippen LogP contribution in [0, 0.1) is 11.8 Å². The number of piperazine rings is 1. The summed E-state index contributed by atoms with van der Waals surface area (Å²) < 4.78 is 2.07. The summed E-state index contributed by atoms with van der Waals surface area (Å²) in [6, 6.07) is 1.18. The van der Waals surface area contributed by atoms with Crippen LogP contribution in [0.4, 0.5) is 0 Å². The van der Waals surface area contributed by atoms with Gasteiger partial charge in [0.25, 0.3) is 0 Å². The van der Waals surface area contributed by atoms with Crippen LogP contribution < -0.4 is 5.32 Å². The predicted molar refractivity (Wildman–Crippen MR) is 86.0 cm³/mol. The zero-order valence-corrected chi connectivity index (χ0v) is 14.2. The monoisotopic (exact) mass is 293 g/mol. The number of hydrogen-bond acceptors (Lipinski definition) is 4. The molecule has 1 aliphatic heterocycles. The molecule has 1 aromatic rings. The Balaban J connectivity index is 2.09. The lowest BCUT2D eigenvalue weighted by Gasteiger charge is -2.42. The summed E-state index contributed by atoms with van der Waals surface area (Å²) in [6.45, 7) is 15.4. The molecule has 0 aromatic carbocycles. The van der Waals surface area contributed by atoms with E-state index in [1.807, 2.05) is 0 Å². The molecule has 0 bridgehead atoms. The molecule has 1 aliphatic rings. The van der Waals surface area contributed by atoms with E-state index in [0.29, 0.717) is 23.9 Å². The van der Waals surface area contributed by atoms with Gasteiger partial charge in [-0.05, 0) is 18.3 Å². The van der Waals surface area contributed by atoms with Gasteiger partial charge in [0.2, 0.25) is 0 Å². The highest BCUT2D eigenvalue weighted by Gasteiger charge is 2.30.